The molecule has 0 unspecified atom stereocenters. The van der Waals surface area contributed by atoms with Gasteiger partial charge in [-0.3, -0.25) is 24.5 Å². The van der Waals surface area contributed by atoms with E-state index in [-0.39, 0.29) is 24.8 Å². The van der Waals surface area contributed by atoms with Gasteiger partial charge in [0.05, 0.1) is 30.0 Å². The SMILES string of the molecule is COc1ccc(N(O)C(=O)CCN2C(=O)c3ccccc3C2=O)cc1OC1CCCC1. The Bertz CT molecular complexity index is 980. The first-order valence-electron chi connectivity index (χ1n) is 10.3. The fourth-order valence-corrected chi connectivity index (χ4v) is 3.97. The van der Waals surface area contributed by atoms with Crippen molar-refractivity contribution in [3.05, 3.63) is 53.6 Å². The van der Waals surface area contributed by atoms with Gasteiger partial charge in [-0.05, 0) is 49.9 Å². The van der Waals surface area contributed by atoms with Crippen molar-refractivity contribution in [2.45, 2.75) is 38.2 Å². The number of hydroxylamine groups is 1. The summed E-state index contributed by atoms with van der Waals surface area (Å²) in [5, 5.41) is 10.9. The molecule has 0 atom stereocenters. The molecule has 2 aliphatic rings. The van der Waals surface area contributed by atoms with E-state index in [9.17, 15) is 19.6 Å². The Morgan fingerprint density at radius 3 is 2.32 bits per heavy atom. The Labute approximate surface area is 179 Å². The Morgan fingerprint density at radius 1 is 1.06 bits per heavy atom. The number of imide groups is 1. The first-order valence-corrected chi connectivity index (χ1v) is 10.3. The van der Waals surface area contributed by atoms with Crippen molar-refractivity contribution in [3.63, 3.8) is 0 Å². The largest absolute Gasteiger partial charge is 0.493 e. The average Bonchev–Trinajstić information content (AvgIpc) is 3.38. The number of fused-ring (bicyclic) bond motifs is 1. The number of hydrogen-bond donors (Lipinski definition) is 1. The van der Waals surface area contributed by atoms with E-state index in [0.717, 1.165) is 30.6 Å². The molecule has 0 spiro atoms. The molecule has 8 nitrogen and oxygen atoms in total. The molecule has 1 N–H and O–H groups in total. The van der Waals surface area contributed by atoms with Crippen molar-refractivity contribution >= 4 is 23.4 Å². The van der Waals surface area contributed by atoms with E-state index in [2.05, 4.69) is 0 Å². The molecule has 4 rings (SSSR count). The van der Waals surface area contributed by atoms with E-state index >= 15 is 0 Å². The van der Waals surface area contributed by atoms with Gasteiger partial charge in [-0.1, -0.05) is 12.1 Å². The minimum absolute atomic E-state index is 0.0841. The van der Waals surface area contributed by atoms with Gasteiger partial charge in [0, 0.05) is 19.0 Å². The van der Waals surface area contributed by atoms with E-state index < -0.39 is 17.7 Å². The predicted octanol–water partition coefficient (Wildman–Crippen LogP) is 3.43. The van der Waals surface area contributed by atoms with E-state index in [1.165, 1.54) is 7.11 Å². The van der Waals surface area contributed by atoms with Crippen LogP contribution in [0.2, 0.25) is 0 Å². The van der Waals surface area contributed by atoms with Crippen molar-refractivity contribution in [3.8, 4) is 11.5 Å². The first kappa shape index (κ1) is 20.9. The van der Waals surface area contributed by atoms with Gasteiger partial charge < -0.3 is 9.47 Å². The third kappa shape index (κ3) is 4.11. The molecule has 8 heteroatoms. The molecule has 2 aromatic rings. The van der Waals surface area contributed by atoms with E-state index in [0.29, 0.717) is 27.7 Å². The highest BCUT2D eigenvalue weighted by Gasteiger charge is 2.35. The van der Waals surface area contributed by atoms with Crippen LogP contribution in [-0.2, 0) is 4.79 Å². The average molecular weight is 424 g/mol. The molecule has 0 saturated heterocycles. The highest BCUT2D eigenvalue weighted by atomic mass is 16.5. The van der Waals surface area contributed by atoms with Crippen LogP contribution >= 0.6 is 0 Å². The third-order valence-electron chi connectivity index (χ3n) is 5.65. The molecule has 1 fully saturated rings. The maximum atomic E-state index is 12.6. The van der Waals surface area contributed by atoms with Gasteiger partial charge in [-0.2, -0.15) is 5.06 Å². The summed E-state index contributed by atoms with van der Waals surface area (Å²) in [4.78, 5) is 38.4. The summed E-state index contributed by atoms with van der Waals surface area (Å²) in [6.45, 7) is -0.121. The number of rotatable bonds is 7. The number of nitrogens with zero attached hydrogens (tertiary/aromatic N) is 2. The van der Waals surface area contributed by atoms with Crippen LogP contribution < -0.4 is 14.5 Å². The van der Waals surface area contributed by atoms with Crippen LogP contribution in [0.25, 0.3) is 0 Å². The molecule has 31 heavy (non-hydrogen) atoms. The lowest BCUT2D eigenvalue weighted by Crippen LogP contribution is -2.35. The van der Waals surface area contributed by atoms with Gasteiger partial charge in [-0.25, -0.2) is 0 Å². The quantitative estimate of drug-likeness (QED) is 0.416. The number of carbonyl (C=O) groups excluding carboxylic acids is 3. The lowest BCUT2D eigenvalue weighted by molar-refractivity contribution is -0.123. The Morgan fingerprint density at radius 2 is 1.71 bits per heavy atom. The second-order valence-electron chi connectivity index (χ2n) is 7.62. The zero-order valence-electron chi connectivity index (χ0n) is 17.2. The number of ether oxygens (including phenoxy) is 2. The van der Waals surface area contributed by atoms with Crippen LogP contribution in [0.3, 0.4) is 0 Å². The van der Waals surface area contributed by atoms with Crippen molar-refractivity contribution < 1.29 is 29.1 Å². The molecular weight excluding hydrogens is 400 g/mol. The molecule has 1 aliphatic heterocycles. The second kappa shape index (κ2) is 8.77. The minimum Gasteiger partial charge on any atom is -0.493 e. The normalized spacial score (nSPS) is 15.9. The second-order valence-corrected chi connectivity index (χ2v) is 7.62. The van der Waals surface area contributed by atoms with Gasteiger partial charge in [0.2, 0.25) is 0 Å². The maximum Gasteiger partial charge on any atom is 0.261 e. The maximum absolute atomic E-state index is 12.6. The zero-order chi connectivity index (χ0) is 22.0. The Hall–Kier alpha value is -3.39. The third-order valence-corrected chi connectivity index (χ3v) is 5.65. The number of carbonyl (C=O) groups is 3. The van der Waals surface area contributed by atoms with E-state index in [4.69, 9.17) is 9.47 Å². The Kier molecular flexibility index (Phi) is 5.90. The fraction of sp³-hybridized carbons (Fsp3) is 0.348. The van der Waals surface area contributed by atoms with Crippen molar-refractivity contribution in [1.82, 2.24) is 4.90 Å². The molecule has 1 heterocycles. The van der Waals surface area contributed by atoms with Crippen LogP contribution in [0.1, 0.15) is 52.8 Å². The number of hydrogen-bond acceptors (Lipinski definition) is 6. The number of amides is 3. The monoisotopic (exact) mass is 424 g/mol. The molecule has 3 amide bonds. The number of methoxy groups -OCH3 is 1. The van der Waals surface area contributed by atoms with Gasteiger partial charge in [-0.15, -0.1) is 0 Å². The predicted molar refractivity (Wildman–Crippen MR) is 112 cm³/mol. The van der Waals surface area contributed by atoms with Crippen LogP contribution in [0.15, 0.2) is 42.5 Å². The molecular formula is C23H24N2O6. The standard InChI is InChI=1S/C23H24N2O6/c1-30-19-11-10-15(14-20(19)31-16-6-2-3-7-16)25(29)21(26)12-13-24-22(27)17-8-4-5-9-18(17)23(24)28/h4-5,8-11,14,16,29H,2-3,6-7,12-13H2,1H3. The summed E-state index contributed by atoms with van der Waals surface area (Å²) < 4.78 is 11.3. The summed E-state index contributed by atoms with van der Waals surface area (Å²) in [6.07, 6.45) is 3.99. The lowest BCUT2D eigenvalue weighted by atomic mass is 10.1. The topological polar surface area (TPSA) is 96.4 Å². The van der Waals surface area contributed by atoms with Gasteiger partial charge in [0.15, 0.2) is 11.5 Å². The van der Waals surface area contributed by atoms with Crippen LogP contribution in [0.5, 0.6) is 11.5 Å². The smallest absolute Gasteiger partial charge is 0.261 e. The van der Waals surface area contributed by atoms with Gasteiger partial charge >= 0.3 is 0 Å². The summed E-state index contributed by atoms with van der Waals surface area (Å²) in [5.41, 5.74) is 0.871. The molecule has 0 aromatic heterocycles. The number of benzene rings is 2. The van der Waals surface area contributed by atoms with Crippen molar-refractivity contribution in [1.29, 1.82) is 0 Å². The van der Waals surface area contributed by atoms with Crippen LogP contribution in [0.4, 0.5) is 5.69 Å². The summed E-state index contributed by atoms with van der Waals surface area (Å²) in [5.74, 6) is -0.542. The van der Waals surface area contributed by atoms with E-state index in [1.807, 2.05) is 0 Å². The molecule has 162 valence electrons. The molecule has 1 saturated carbocycles. The lowest BCUT2D eigenvalue weighted by Gasteiger charge is -2.20. The molecule has 1 aliphatic carbocycles. The minimum atomic E-state index is -0.645. The summed E-state index contributed by atoms with van der Waals surface area (Å²) in [6, 6.07) is 11.3. The van der Waals surface area contributed by atoms with Crippen LogP contribution in [-0.4, -0.2) is 47.6 Å². The Balaban J connectivity index is 1.42. The van der Waals surface area contributed by atoms with Crippen molar-refractivity contribution in [2.24, 2.45) is 0 Å². The highest BCUT2D eigenvalue weighted by molar-refractivity contribution is 6.21. The van der Waals surface area contributed by atoms with Crippen molar-refractivity contribution in [2.75, 3.05) is 18.7 Å². The fourth-order valence-electron chi connectivity index (χ4n) is 3.97. The summed E-state index contributed by atoms with van der Waals surface area (Å²) >= 11 is 0. The van der Waals surface area contributed by atoms with Crippen LogP contribution in [0, 0.1) is 0 Å². The zero-order valence-corrected chi connectivity index (χ0v) is 17.2. The molecule has 0 bridgehead atoms. The molecule has 0 radical (unpaired) electrons. The van der Waals surface area contributed by atoms with Gasteiger partial charge in [0.1, 0.15) is 0 Å². The first-order chi connectivity index (χ1) is 15.0. The van der Waals surface area contributed by atoms with Gasteiger partial charge in [0.25, 0.3) is 17.7 Å². The molecule has 2 aromatic carbocycles. The number of anilines is 1. The highest BCUT2D eigenvalue weighted by Crippen LogP contribution is 2.35. The summed E-state index contributed by atoms with van der Waals surface area (Å²) in [7, 11) is 1.53. The van der Waals surface area contributed by atoms with E-state index in [1.54, 1.807) is 42.5 Å².